The number of phenols is 1. The number of allylic oxidation sites excluding steroid dienone is 2. The maximum absolute atomic E-state index is 11.0. The summed E-state index contributed by atoms with van der Waals surface area (Å²) >= 11 is 0. The van der Waals surface area contributed by atoms with Gasteiger partial charge in [0.15, 0.2) is 0 Å². The molecule has 3 heteroatoms. The van der Waals surface area contributed by atoms with Crippen LogP contribution in [-0.2, 0) is 9.53 Å². The number of esters is 1. The molecule has 0 radical (unpaired) electrons. The summed E-state index contributed by atoms with van der Waals surface area (Å²) in [5.41, 5.74) is 1.49. The van der Waals surface area contributed by atoms with Gasteiger partial charge in [-0.3, -0.25) is 0 Å². The standard InChI is InChI=1S/C13H14O3/c1-10(13(15)16-2)4-3-5-11-6-8-12(14)9-7-11/h3-9,14H,1-2H3. The van der Waals surface area contributed by atoms with E-state index in [4.69, 9.17) is 5.11 Å². The van der Waals surface area contributed by atoms with Crippen molar-refractivity contribution >= 4 is 12.0 Å². The number of carbonyl (C=O) groups excluding carboxylic acids is 1. The van der Waals surface area contributed by atoms with Gasteiger partial charge in [0.05, 0.1) is 7.11 Å². The van der Waals surface area contributed by atoms with Crippen molar-refractivity contribution in [1.29, 1.82) is 0 Å². The van der Waals surface area contributed by atoms with Crippen LogP contribution in [0.15, 0.2) is 42.0 Å². The van der Waals surface area contributed by atoms with Gasteiger partial charge in [0.2, 0.25) is 0 Å². The van der Waals surface area contributed by atoms with E-state index in [-0.39, 0.29) is 11.7 Å². The fourth-order valence-electron chi connectivity index (χ4n) is 1.12. The molecule has 1 N–H and O–H groups in total. The van der Waals surface area contributed by atoms with Crippen molar-refractivity contribution in [3.63, 3.8) is 0 Å². The molecule has 16 heavy (non-hydrogen) atoms. The Bertz CT molecular complexity index is 413. The monoisotopic (exact) mass is 218 g/mol. The van der Waals surface area contributed by atoms with Gasteiger partial charge >= 0.3 is 5.97 Å². The Morgan fingerprint density at radius 2 is 1.94 bits per heavy atom. The largest absolute Gasteiger partial charge is 0.508 e. The van der Waals surface area contributed by atoms with Gasteiger partial charge in [0.25, 0.3) is 0 Å². The van der Waals surface area contributed by atoms with Gasteiger partial charge < -0.3 is 9.84 Å². The van der Waals surface area contributed by atoms with Crippen molar-refractivity contribution in [2.24, 2.45) is 0 Å². The third kappa shape index (κ3) is 3.61. The van der Waals surface area contributed by atoms with Gasteiger partial charge in [0.1, 0.15) is 5.75 Å². The number of hydrogen-bond donors (Lipinski definition) is 1. The Morgan fingerprint density at radius 3 is 2.50 bits per heavy atom. The molecule has 1 rings (SSSR count). The highest BCUT2D eigenvalue weighted by molar-refractivity contribution is 5.88. The van der Waals surface area contributed by atoms with E-state index >= 15 is 0 Å². The van der Waals surface area contributed by atoms with Crippen LogP contribution in [-0.4, -0.2) is 18.2 Å². The molecule has 0 amide bonds. The Kier molecular flexibility index (Phi) is 4.33. The number of aromatic hydroxyl groups is 1. The Balaban J connectivity index is 2.67. The summed E-state index contributed by atoms with van der Waals surface area (Å²) in [6, 6.07) is 6.79. The predicted octanol–water partition coefficient (Wildman–Crippen LogP) is 2.52. The van der Waals surface area contributed by atoms with Crippen LogP contribution in [0.25, 0.3) is 6.08 Å². The molecular formula is C13H14O3. The maximum Gasteiger partial charge on any atom is 0.333 e. The highest BCUT2D eigenvalue weighted by Crippen LogP contribution is 2.10. The zero-order chi connectivity index (χ0) is 12.0. The summed E-state index contributed by atoms with van der Waals surface area (Å²) in [6.45, 7) is 1.69. The van der Waals surface area contributed by atoms with Crippen molar-refractivity contribution in [3.05, 3.63) is 47.6 Å². The fourth-order valence-corrected chi connectivity index (χ4v) is 1.12. The number of benzene rings is 1. The van der Waals surface area contributed by atoms with Gasteiger partial charge in [-0.05, 0) is 24.6 Å². The van der Waals surface area contributed by atoms with Crippen molar-refractivity contribution in [1.82, 2.24) is 0 Å². The van der Waals surface area contributed by atoms with E-state index in [9.17, 15) is 4.79 Å². The number of methoxy groups -OCH3 is 1. The molecule has 0 aliphatic carbocycles. The second kappa shape index (κ2) is 5.75. The lowest BCUT2D eigenvalue weighted by molar-refractivity contribution is -0.136. The number of hydrogen-bond acceptors (Lipinski definition) is 3. The third-order valence-corrected chi connectivity index (χ3v) is 2.04. The molecule has 1 aromatic rings. The molecule has 0 aliphatic heterocycles. The van der Waals surface area contributed by atoms with Gasteiger partial charge in [0, 0.05) is 5.57 Å². The molecule has 0 fully saturated rings. The van der Waals surface area contributed by atoms with Gasteiger partial charge in [-0.15, -0.1) is 0 Å². The van der Waals surface area contributed by atoms with E-state index in [1.54, 1.807) is 43.3 Å². The number of rotatable bonds is 3. The number of ether oxygens (including phenoxy) is 1. The normalized spacial score (nSPS) is 11.8. The quantitative estimate of drug-likeness (QED) is 0.481. The van der Waals surface area contributed by atoms with Gasteiger partial charge in [-0.1, -0.05) is 30.4 Å². The van der Waals surface area contributed by atoms with E-state index in [1.807, 2.05) is 6.08 Å². The van der Waals surface area contributed by atoms with E-state index in [2.05, 4.69) is 4.74 Å². The zero-order valence-corrected chi connectivity index (χ0v) is 9.31. The summed E-state index contributed by atoms with van der Waals surface area (Å²) in [6.07, 6.45) is 5.28. The molecule has 0 aliphatic rings. The highest BCUT2D eigenvalue weighted by atomic mass is 16.5. The maximum atomic E-state index is 11.0. The summed E-state index contributed by atoms with van der Waals surface area (Å²) in [5.74, 6) is -0.103. The molecule has 0 atom stereocenters. The second-order valence-corrected chi connectivity index (χ2v) is 3.29. The van der Waals surface area contributed by atoms with E-state index in [0.29, 0.717) is 5.57 Å². The van der Waals surface area contributed by atoms with Crippen LogP contribution in [0.2, 0.25) is 0 Å². The Hall–Kier alpha value is -2.03. The van der Waals surface area contributed by atoms with Gasteiger partial charge in [-0.2, -0.15) is 0 Å². The van der Waals surface area contributed by atoms with Crippen LogP contribution in [0.4, 0.5) is 0 Å². The SMILES string of the molecule is COC(=O)C(C)=CC=Cc1ccc(O)cc1. The zero-order valence-electron chi connectivity index (χ0n) is 9.31. The van der Waals surface area contributed by atoms with Gasteiger partial charge in [-0.25, -0.2) is 4.79 Å². The molecule has 0 spiro atoms. The molecule has 3 nitrogen and oxygen atoms in total. The smallest absolute Gasteiger partial charge is 0.333 e. The third-order valence-electron chi connectivity index (χ3n) is 2.04. The first-order valence-corrected chi connectivity index (χ1v) is 4.86. The first kappa shape index (κ1) is 12.0. The molecule has 0 bridgehead atoms. The van der Waals surface area contributed by atoms with Crippen molar-refractivity contribution < 1.29 is 14.6 Å². The number of phenolic OH excluding ortho intramolecular Hbond substituents is 1. The Labute approximate surface area is 94.7 Å². The lowest BCUT2D eigenvalue weighted by atomic mass is 10.2. The summed E-state index contributed by atoms with van der Waals surface area (Å²) in [5, 5.41) is 9.08. The molecule has 0 aromatic heterocycles. The topological polar surface area (TPSA) is 46.5 Å². The summed E-state index contributed by atoms with van der Waals surface area (Å²) in [7, 11) is 1.35. The number of carbonyl (C=O) groups is 1. The molecule has 84 valence electrons. The molecule has 0 saturated carbocycles. The van der Waals surface area contributed by atoms with Crippen LogP contribution >= 0.6 is 0 Å². The van der Waals surface area contributed by atoms with Crippen molar-refractivity contribution in [2.45, 2.75) is 6.92 Å². The summed E-state index contributed by atoms with van der Waals surface area (Å²) in [4.78, 5) is 11.0. The summed E-state index contributed by atoms with van der Waals surface area (Å²) < 4.78 is 4.56. The van der Waals surface area contributed by atoms with Crippen LogP contribution in [0.5, 0.6) is 5.75 Å². The lowest BCUT2D eigenvalue weighted by Gasteiger charge is -1.96. The molecular weight excluding hydrogens is 204 g/mol. The van der Waals surface area contributed by atoms with Crippen LogP contribution < -0.4 is 0 Å². The minimum atomic E-state index is -0.338. The molecule has 0 saturated heterocycles. The average molecular weight is 218 g/mol. The minimum Gasteiger partial charge on any atom is -0.508 e. The first-order chi connectivity index (χ1) is 7.63. The van der Waals surface area contributed by atoms with Crippen LogP contribution in [0.1, 0.15) is 12.5 Å². The molecule has 0 heterocycles. The lowest BCUT2D eigenvalue weighted by Crippen LogP contribution is -2.00. The second-order valence-electron chi connectivity index (χ2n) is 3.29. The highest BCUT2D eigenvalue weighted by Gasteiger charge is 1.99. The van der Waals surface area contributed by atoms with Crippen LogP contribution in [0, 0.1) is 0 Å². The van der Waals surface area contributed by atoms with Crippen molar-refractivity contribution in [3.8, 4) is 5.75 Å². The van der Waals surface area contributed by atoms with E-state index < -0.39 is 0 Å². The van der Waals surface area contributed by atoms with Crippen LogP contribution in [0.3, 0.4) is 0 Å². The molecule has 1 aromatic carbocycles. The molecule has 0 unspecified atom stereocenters. The fraction of sp³-hybridized carbons (Fsp3) is 0.154. The van der Waals surface area contributed by atoms with E-state index in [0.717, 1.165) is 5.56 Å². The Morgan fingerprint density at radius 1 is 1.31 bits per heavy atom. The first-order valence-electron chi connectivity index (χ1n) is 4.86. The average Bonchev–Trinajstić information content (AvgIpc) is 2.30. The minimum absolute atomic E-state index is 0.235. The van der Waals surface area contributed by atoms with E-state index in [1.165, 1.54) is 7.11 Å². The predicted molar refractivity (Wildman–Crippen MR) is 62.9 cm³/mol. The van der Waals surface area contributed by atoms with Crippen molar-refractivity contribution in [2.75, 3.05) is 7.11 Å².